The third-order valence-corrected chi connectivity index (χ3v) is 14.3. The number of pyridine rings is 1. The number of nitrogens with zero attached hydrogens (tertiary/aromatic N) is 3. The molecule has 342 valence electrons. The molecular weight excluding hydrogens is 852 g/mol. The molecule has 0 spiro atoms. The van der Waals surface area contributed by atoms with Crippen molar-refractivity contribution in [1.82, 2.24) is 25.5 Å². The van der Waals surface area contributed by atoms with Gasteiger partial charge in [0.1, 0.15) is 47.0 Å². The topological polar surface area (TPSA) is 217 Å². The maximum atomic E-state index is 14.7. The van der Waals surface area contributed by atoms with Crippen LogP contribution in [-0.2, 0) is 32.7 Å². The lowest BCUT2D eigenvalue weighted by Crippen LogP contribution is -2.56. The highest BCUT2D eigenvalue weighted by atomic mass is 32.1. The summed E-state index contributed by atoms with van der Waals surface area (Å²) in [6, 6.07) is 4.96. The summed E-state index contributed by atoms with van der Waals surface area (Å²) in [5.74, 6) is -1.85. The Morgan fingerprint density at radius 1 is 1.02 bits per heavy atom. The van der Waals surface area contributed by atoms with Gasteiger partial charge in [0.05, 0.1) is 31.0 Å². The lowest BCUT2D eigenvalue weighted by molar-refractivity contribution is -0.145. The number of benzene rings is 1. The predicted octanol–water partition coefficient (Wildman–Crippen LogP) is 7.65. The monoisotopic (exact) mass is 910 g/mol. The molecule has 63 heavy (non-hydrogen) atoms. The molecule has 7 rings (SSSR count). The molecule has 17 nitrogen and oxygen atoms in total. The molecule has 0 unspecified atom stereocenters. The summed E-state index contributed by atoms with van der Waals surface area (Å²) in [5, 5.41) is 22.5. The van der Waals surface area contributed by atoms with Crippen molar-refractivity contribution >= 4 is 58.8 Å². The van der Waals surface area contributed by atoms with Crippen molar-refractivity contribution in [2.75, 3.05) is 31.4 Å². The zero-order valence-electron chi connectivity index (χ0n) is 36.3. The van der Waals surface area contributed by atoms with Gasteiger partial charge in [-0.2, -0.15) is 0 Å². The highest BCUT2D eigenvalue weighted by molar-refractivity contribution is 7.53. The van der Waals surface area contributed by atoms with Crippen LogP contribution in [0.25, 0.3) is 22.3 Å². The van der Waals surface area contributed by atoms with Gasteiger partial charge in [0.15, 0.2) is 11.5 Å². The molecule has 2 aromatic heterocycles. The van der Waals surface area contributed by atoms with E-state index in [-0.39, 0.29) is 57.0 Å². The first-order chi connectivity index (χ1) is 30.3. The van der Waals surface area contributed by atoms with Crippen LogP contribution in [0.2, 0.25) is 0 Å². The first kappa shape index (κ1) is 46.2. The number of allylic oxidation sites excluding steroid dienone is 1. The molecule has 2 aliphatic carbocycles. The number of fused-ring (bicyclic) bond motifs is 3. The molecular formula is C44H59N6O11PS. The Labute approximate surface area is 371 Å². The van der Waals surface area contributed by atoms with Gasteiger partial charge in [0, 0.05) is 41.3 Å². The number of hydrogen-bond donors (Lipinski definition) is 4. The maximum Gasteiger partial charge on any atom is 0.408 e. The second-order valence-electron chi connectivity index (χ2n) is 16.9. The van der Waals surface area contributed by atoms with Gasteiger partial charge < -0.3 is 49.2 Å². The minimum absolute atomic E-state index is 0.0280. The summed E-state index contributed by atoms with van der Waals surface area (Å²) in [6.45, 7) is 7.81. The summed E-state index contributed by atoms with van der Waals surface area (Å²) in [4.78, 5) is 66.0. The summed E-state index contributed by atoms with van der Waals surface area (Å²) < 4.78 is 42.5. The van der Waals surface area contributed by atoms with Crippen molar-refractivity contribution in [2.24, 2.45) is 5.92 Å². The van der Waals surface area contributed by atoms with Gasteiger partial charge in [0.2, 0.25) is 11.8 Å². The Kier molecular flexibility index (Phi) is 15.0. The number of anilines is 1. The molecule has 3 amide bonds. The maximum absolute atomic E-state index is 14.7. The number of alkyl carbamates (subject to hydrolysis) is 1. The molecule has 3 fully saturated rings. The van der Waals surface area contributed by atoms with Gasteiger partial charge in [-0.1, -0.05) is 25.0 Å². The van der Waals surface area contributed by atoms with Crippen LogP contribution in [0.15, 0.2) is 41.8 Å². The zero-order chi connectivity index (χ0) is 44.7. The standard InChI is InChI=1S/C44H59N6O11PS/c1-5-58-62(56,59-6-2)26-57-30-18-19-32-34(20-30)46-35(36-25-63-42(47-36)45-27(3)4)22-38(32)60-31-21-37-39(51)49-44(41(53)54)23-28(44)14-10-8-7-9-11-17-33(40(52)50(37)24-31)48-43(55)61-29-15-12-13-16-29/h10,14,18-20,22,25,27-29,31,33,37H,5-9,11-13,15-17,21,23-24,26H2,1-4H3,(H,45,47)(H,48,55)(H,49,51)(H,53,54)/b14-10-/t28-,31+,33-,37-,44+/m0/s1. The van der Waals surface area contributed by atoms with E-state index in [1.165, 1.54) is 16.2 Å². The van der Waals surface area contributed by atoms with Crippen molar-refractivity contribution in [3.8, 4) is 22.9 Å². The van der Waals surface area contributed by atoms with Gasteiger partial charge >= 0.3 is 19.7 Å². The summed E-state index contributed by atoms with van der Waals surface area (Å²) in [6.07, 6.45) is 8.91. The number of nitrogens with one attached hydrogen (secondary N) is 3. The highest BCUT2D eigenvalue weighted by Crippen LogP contribution is 2.48. The van der Waals surface area contributed by atoms with Crippen molar-refractivity contribution in [1.29, 1.82) is 0 Å². The third kappa shape index (κ3) is 11.3. The number of aromatic nitrogens is 2. The molecule has 19 heteroatoms. The normalized spacial score (nSPS) is 25.1. The first-order valence-corrected chi connectivity index (χ1v) is 24.7. The van der Waals surface area contributed by atoms with Crippen LogP contribution in [0.3, 0.4) is 0 Å². The SMILES string of the molecule is CCOP(=O)(COc1ccc2c(O[C@@H]3C[C@H]4C(=O)N[C@]5(C(=O)O)C[C@@H]5/C=C\CCCCC[C@H](NC(=O)OC5CCCC5)C(=O)N4C3)cc(-c3csc(NC(C)C)n3)nc2c1)OCC. The van der Waals surface area contributed by atoms with Crippen LogP contribution < -0.4 is 25.4 Å². The molecule has 0 radical (unpaired) electrons. The molecule has 0 bridgehead atoms. The van der Waals surface area contributed by atoms with Gasteiger partial charge in [0.25, 0.3) is 0 Å². The number of carbonyl (C=O) groups excluding carboxylic acids is 3. The zero-order valence-corrected chi connectivity index (χ0v) is 38.0. The van der Waals surface area contributed by atoms with Crippen LogP contribution in [0.5, 0.6) is 11.5 Å². The minimum Gasteiger partial charge on any atom is -0.488 e. The predicted molar refractivity (Wildman–Crippen MR) is 237 cm³/mol. The van der Waals surface area contributed by atoms with E-state index in [9.17, 15) is 28.8 Å². The molecule has 1 saturated heterocycles. The van der Waals surface area contributed by atoms with E-state index in [1.54, 1.807) is 38.1 Å². The lowest BCUT2D eigenvalue weighted by atomic mass is 10.0. The Morgan fingerprint density at radius 2 is 1.78 bits per heavy atom. The Bertz CT molecular complexity index is 2200. The van der Waals surface area contributed by atoms with Crippen LogP contribution in [0, 0.1) is 5.92 Å². The van der Waals surface area contributed by atoms with E-state index >= 15 is 0 Å². The van der Waals surface area contributed by atoms with Crippen molar-refractivity contribution < 1.29 is 52.1 Å². The van der Waals surface area contributed by atoms with Crippen LogP contribution in [-0.4, -0.2) is 106 Å². The third-order valence-electron chi connectivity index (χ3n) is 11.7. The molecule has 4 aliphatic rings. The number of amides is 3. The molecule has 3 aromatic rings. The average molecular weight is 911 g/mol. The van der Waals surface area contributed by atoms with E-state index in [0.717, 1.165) is 44.9 Å². The Balaban J connectivity index is 1.21. The summed E-state index contributed by atoms with van der Waals surface area (Å²) in [7, 11) is -3.53. The number of thiazole rings is 1. The number of hydrogen-bond acceptors (Lipinski definition) is 14. The smallest absolute Gasteiger partial charge is 0.408 e. The number of ether oxygens (including phenoxy) is 3. The van der Waals surface area contributed by atoms with E-state index in [1.807, 2.05) is 31.4 Å². The fourth-order valence-corrected chi connectivity index (χ4v) is 10.7. The average Bonchev–Trinajstić information content (AvgIpc) is 3.67. The molecule has 2 aliphatic heterocycles. The van der Waals surface area contributed by atoms with E-state index < -0.39 is 55.2 Å². The minimum atomic E-state index is -3.53. The number of rotatable bonds is 15. The van der Waals surface area contributed by atoms with Crippen molar-refractivity contribution in [2.45, 2.75) is 134 Å². The molecule has 4 N–H and O–H groups in total. The van der Waals surface area contributed by atoms with Gasteiger partial charge in [-0.15, -0.1) is 11.3 Å². The molecule has 1 aromatic carbocycles. The highest BCUT2D eigenvalue weighted by Gasteiger charge is 2.61. The number of carbonyl (C=O) groups is 4. The second kappa shape index (κ2) is 20.4. The number of carboxylic acids is 1. The summed E-state index contributed by atoms with van der Waals surface area (Å²) >= 11 is 1.43. The van der Waals surface area contributed by atoms with Gasteiger partial charge in [-0.3, -0.25) is 14.2 Å². The largest absolute Gasteiger partial charge is 0.488 e. The van der Waals surface area contributed by atoms with Crippen LogP contribution in [0.1, 0.15) is 98.3 Å². The van der Waals surface area contributed by atoms with E-state index in [0.29, 0.717) is 51.8 Å². The fraction of sp³-hybridized carbons (Fsp3) is 0.591. The number of aliphatic carboxylic acids is 1. The van der Waals surface area contributed by atoms with Gasteiger partial charge in [-0.05, 0) is 91.2 Å². The summed E-state index contributed by atoms with van der Waals surface area (Å²) in [5.41, 5.74) is 0.0464. The quantitative estimate of drug-likeness (QED) is 0.0851. The molecule has 2 saturated carbocycles. The van der Waals surface area contributed by atoms with Crippen LogP contribution in [0.4, 0.5) is 9.93 Å². The van der Waals surface area contributed by atoms with Crippen molar-refractivity contribution in [3.05, 3.63) is 41.8 Å². The molecule has 4 heterocycles. The second-order valence-corrected chi connectivity index (χ2v) is 19.7. The Hall–Kier alpha value is -4.77. The fourth-order valence-electron chi connectivity index (χ4n) is 8.52. The first-order valence-electron chi connectivity index (χ1n) is 22.1. The van der Waals surface area contributed by atoms with Crippen molar-refractivity contribution in [3.63, 3.8) is 0 Å². The van der Waals surface area contributed by atoms with Crippen LogP contribution >= 0.6 is 18.9 Å². The Morgan fingerprint density at radius 3 is 2.51 bits per heavy atom. The lowest BCUT2D eigenvalue weighted by Gasteiger charge is -2.29. The van der Waals surface area contributed by atoms with E-state index in [2.05, 4.69) is 16.0 Å². The van der Waals surface area contributed by atoms with E-state index in [4.69, 9.17) is 33.2 Å². The molecule has 5 atom stereocenters. The number of carboxylic acid groups (broad SMARTS) is 1. The van der Waals surface area contributed by atoms with Gasteiger partial charge in [-0.25, -0.2) is 19.6 Å².